The van der Waals surface area contributed by atoms with Crippen LogP contribution < -0.4 is 0 Å². The Kier molecular flexibility index (Phi) is 11.8. The van der Waals surface area contributed by atoms with Gasteiger partial charge in [0.25, 0.3) is 0 Å². The van der Waals surface area contributed by atoms with Crippen molar-refractivity contribution in [2.45, 2.75) is 111 Å². The second kappa shape index (κ2) is 13.4. The van der Waals surface area contributed by atoms with Crippen molar-refractivity contribution in [2.75, 3.05) is 0 Å². The minimum atomic E-state index is 0.887. The molecule has 1 heterocycles. The zero-order chi connectivity index (χ0) is 17.6. The number of rotatable bonds is 14. The van der Waals surface area contributed by atoms with Crippen LogP contribution in [0.2, 0.25) is 0 Å². The topological polar surface area (TPSA) is 25.8 Å². The molecule has 0 unspecified atom stereocenters. The summed E-state index contributed by atoms with van der Waals surface area (Å²) in [6.45, 7) is 10.8. The highest BCUT2D eigenvalue weighted by Gasteiger charge is 2.14. The molecule has 0 aliphatic rings. The molecule has 137 valence electrons. The van der Waals surface area contributed by atoms with Gasteiger partial charge in [0.1, 0.15) is 5.82 Å². The van der Waals surface area contributed by atoms with Gasteiger partial charge in [-0.25, -0.2) is 9.97 Å². The van der Waals surface area contributed by atoms with Crippen molar-refractivity contribution < 1.29 is 0 Å². The van der Waals surface area contributed by atoms with E-state index in [1.807, 2.05) is 0 Å². The van der Waals surface area contributed by atoms with E-state index in [1.165, 1.54) is 81.2 Å². The molecule has 0 fully saturated rings. The molecule has 2 nitrogen and oxygen atoms in total. The molecule has 0 aliphatic heterocycles. The van der Waals surface area contributed by atoms with Gasteiger partial charge in [0, 0.05) is 17.8 Å². The summed E-state index contributed by atoms with van der Waals surface area (Å²) in [7, 11) is 0. The molecule has 24 heavy (non-hydrogen) atoms. The van der Waals surface area contributed by atoms with Gasteiger partial charge in [-0.15, -0.1) is 0 Å². The molecule has 1 aromatic rings. The Bertz CT molecular complexity index is 409. The Balaban J connectivity index is 3.01. The van der Waals surface area contributed by atoms with Gasteiger partial charge < -0.3 is 0 Å². The van der Waals surface area contributed by atoms with Crippen molar-refractivity contribution in [1.29, 1.82) is 0 Å². The SMILES string of the molecule is [CH2]CCc1nc(CCCCC)c(CCCCC)c(CCCCC)n1. The Morgan fingerprint density at radius 3 is 1.50 bits per heavy atom. The van der Waals surface area contributed by atoms with Gasteiger partial charge in [-0.1, -0.05) is 66.2 Å². The first-order valence-corrected chi connectivity index (χ1v) is 10.4. The van der Waals surface area contributed by atoms with Gasteiger partial charge in [-0.05, 0) is 50.5 Å². The number of unbranched alkanes of at least 4 members (excludes halogenated alkanes) is 6. The minimum absolute atomic E-state index is 0.887. The van der Waals surface area contributed by atoms with Gasteiger partial charge in [0.2, 0.25) is 0 Å². The van der Waals surface area contributed by atoms with Crippen molar-refractivity contribution in [1.82, 2.24) is 9.97 Å². The summed E-state index contributed by atoms with van der Waals surface area (Å²) >= 11 is 0. The van der Waals surface area contributed by atoms with Crippen LogP contribution in [0.25, 0.3) is 0 Å². The minimum Gasteiger partial charge on any atom is -0.238 e. The standard InChI is InChI=1S/C22H39N2/c1-5-9-12-16-19-20(17-13-10-6-2)23-22(15-8-4)24-21(19)18-14-11-7-3/h4-18H2,1-3H3. The molecular formula is C22H39N2. The van der Waals surface area contributed by atoms with Crippen LogP contribution in [0.5, 0.6) is 0 Å². The average Bonchev–Trinajstić information content (AvgIpc) is 2.58. The lowest BCUT2D eigenvalue weighted by molar-refractivity contribution is 0.647. The predicted octanol–water partition coefficient (Wildman–Crippen LogP) is 6.44. The fraction of sp³-hybridized carbons (Fsp3) is 0.773. The lowest BCUT2D eigenvalue weighted by Gasteiger charge is -2.16. The summed E-state index contributed by atoms with van der Waals surface area (Å²) in [5, 5.41) is 0. The van der Waals surface area contributed by atoms with Crippen molar-refractivity contribution in [3.05, 3.63) is 29.7 Å². The van der Waals surface area contributed by atoms with Crippen molar-refractivity contribution in [3.63, 3.8) is 0 Å². The molecule has 0 bridgehead atoms. The molecule has 0 amide bonds. The molecule has 0 saturated carbocycles. The van der Waals surface area contributed by atoms with Crippen molar-refractivity contribution in [3.8, 4) is 0 Å². The Labute approximate surface area is 150 Å². The van der Waals surface area contributed by atoms with Crippen molar-refractivity contribution in [2.24, 2.45) is 0 Å². The second-order valence-electron chi connectivity index (χ2n) is 6.99. The quantitative estimate of drug-likeness (QED) is 0.366. The van der Waals surface area contributed by atoms with E-state index < -0.39 is 0 Å². The molecule has 1 aromatic heterocycles. The average molecular weight is 332 g/mol. The number of hydrogen-bond donors (Lipinski definition) is 0. The normalized spacial score (nSPS) is 11.2. The zero-order valence-electron chi connectivity index (χ0n) is 16.5. The zero-order valence-corrected chi connectivity index (χ0v) is 16.5. The van der Waals surface area contributed by atoms with E-state index in [0.29, 0.717) is 0 Å². The summed E-state index contributed by atoms with van der Waals surface area (Å²) in [5.74, 6) is 1.03. The van der Waals surface area contributed by atoms with Gasteiger partial charge >= 0.3 is 0 Å². The van der Waals surface area contributed by atoms with E-state index in [9.17, 15) is 0 Å². The Morgan fingerprint density at radius 2 is 1.08 bits per heavy atom. The second-order valence-corrected chi connectivity index (χ2v) is 6.99. The molecule has 0 saturated heterocycles. The lowest BCUT2D eigenvalue weighted by atomic mass is 9.97. The van der Waals surface area contributed by atoms with Gasteiger partial charge in [0.05, 0.1) is 0 Å². The predicted molar refractivity (Wildman–Crippen MR) is 105 cm³/mol. The molecule has 1 rings (SSSR count). The first-order valence-electron chi connectivity index (χ1n) is 10.4. The van der Waals surface area contributed by atoms with E-state index in [4.69, 9.17) is 9.97 Å². The lowest BCUT2D eigenvalue weighted by Crippen LogP contribution is -2.11. The molecule has 0 aromatic carbocycles. The highest BCUT2D eigenvalue weighted by atomic mass is 14.9. The van der Waals surface area contributed by atoms with Crippen LogP contribution >= 0.6 is 0 Å². The van der Waals surface area contributed by atoms with Crippen LogP contribution in [-0.2, 0) is 25.7 Å². The van der Waals surface area contributed by atoms with Gasteiger partial charge in [0.15, 0.2) is 0 Å². The number of nitrogens with zero attached hydrogens (tertiary/aromatic N) is 2. The van der Waals surface area contributed by atoms with Crippen LogP contribution in [0.4, 0.5) is 0 Å². The smallest absolute Gasteiger partial charge is 0.128 e. The largest absolute Gasteiger partial charge is 0.238 e. The molecule has 0 N–H and O–H groups in total. The molecule has 2 heteroatoms. The fourth-order valence-electron chi connectivity index (χ4n) is 3.25. The highest BCUT2D eigenvalue weighted by Crippen LogP contribution is 2.20. The first-order chi connectivity index (χ1) is 11.8. The molecule has 1 radical (unpaired) electrons. The monoisotopic (exact) mass is 331 g/mol. The van der Waals surface area contributed by atoms with E-state index in [1.54, 1.807) is 0 Å². The molecule has 0 spiro atoms. The fourth-order valence-corrected chi connectivity index (χ4v) is 3.25. The Hall–Kier alpha value is -0.920. The van der Waals surface area contributed by atoms with Gasteiger partial charge in [-0.3, -0.25) is 0 Å². The van der Waals surface area contributed by atoms with E-state index >= 15 is 0 Å². The van der Waals surface area contributed by atoms with Crippen LogP contribution in [-0.4, -0.2) is 9.97 Å². The third-order valence-electron chi connectivity index (χ3n) is 4.69. The first kappa shape index (κ1) is 21.1. The molecule has 0 aliphatic carbocycles. The van der Waals surface area contributed by atoms with Crippen molar-refractivity contribution >= 4 is 0 Å². The molecular weight excluding hydrogens is 292 g/mol. The third-order valence-corrected chi connectivity index (χ3v) is 4.69. The summed E-state index contributed by atoms with van der Waals surface area (Å²) in [5.41, 5.74) is 4.19. The maximum Gasteiger partial charge on any atom is 0.128 e. The summed E-state index contributed by atoms with van der Waals surface area (Å²) < 4.78 is 0. The maximum atomic E-state index is 4.95. The number of aromatic nitrogens is 2. The molecule has 0 atom stereocenters. The number of aryl methyl sites for hydroxylation is 3. The van der Waals surface area contributed by atoms with E-state index in [2.05, 4.69) is 27.7 Å². The Morgan fingerprint density at radius 1 is 0.625 bits per heavy atom. The van der Waals surface area contributed by atoms with Crippen LogP contribution in [0, 0.1) is 6.92 Å². The maximum absolute atomic E-state index is 4.95. The number of hydrogen-bond acceptors (Lipinski definition) is 2. The summed E-state index contributed by atoms with van der Waals surface area (Å²) in [4.78, 5) is 9.90. The summed E-state index contributed by atoms with van der Waals surface area (Å²) in [6.07, 6.45) is 16.7. The van der Waals surface area contributed by atoms with E-state index in [0.717, 1.165) is 31.5 Å². The van der Waals surface area contributed by atoms with E-state index in [-0.39, 0.29) is 0 Å². The third kappa shape index (κ3) is 7.77. The van der Waals surface area contributed by atoms with Crippen LogP contribution in [0.1, 0.15) is 108 Å². The summed E-state index contributed by atoms with van der Waals surface area (Å²) in [6, 6.07) is 0. The van der Waals surface area contributed by atoms with Gasteiger partial charge in [-0.2, -0.15) is 0 Å². The van der Waals surface area contributed by atoms with Crippen LogP contribution in [0.3, 0.4) is 0 Å². The highest BCUT2D eigenvalue weighted by molar-refractivity contribution is 5.27. The van der Waals surface area contributed by atoms with Crippen LogP contribution in [0.15, 0.2) is 0 Å².